The van der Waals surface area contributed by atoms with E-state index in [-0.39, 0.29) is 12.3 Å². The van der Waals surface area contributed by atoms with Crippen LogP contribution in [0.1, 0.15) is 56.6 Å². The van der Waals surface area contributed by atoms with E-state index in [1.165, 1.54) is 16.3 Å². The second kappa shape index (κ2) is 8.69. The largest absolute Gasteiger partial charge is 0.370 e. The number of nitrogens with two attached hydrogens (primary N) is 1. The molecule has 0 aromatic carbocycles. The molecule has 3 aromatic heterocycles. The van der Waals surface area contributed by atoms with E-state index in [2.05, 4.69) is 20.2 Å². The molecule has 0 atom stereocenters. The number of amides is 1. The SMILES string of the molecule is CCCCn1c(=O)[nH]c(=O)c2c1nc(CSc1nnc(C3CC3)n1CCC(N)=O)n2C. The fourth-order valence-corrected chi connectivity index (χ4v) is 4.51. The van der Waals surface area contributed by atoms with Crippen LogP contribution in [0.5, 0.6) is 0 Å². The number of carbonyl (C=O) groups excluding carboxylic acids is 1. The van der Waals surface area contributed by atoms with Gasteiger partial charge in [-0.3, -0.25) is 19.1 Å². The van der Waals surface area contributed by atoms with Gasteiger partial charge >= 0.3 is 5.69 Å². The lowest BCUT2D eigenvalue weighted by molar-refractivity contribution is -0.118. The molecule has 1 saturated carbocycles. The Kier molecular flexibility index (Phi) is 5.99. The highest BCUT2D eigenvalue weighted by atomic mass is 32.2. The number of fused-ring (bicyclic) bond motifs is 1. The summed E-state index contributed by atoms with van der Waals surface area (Å²) in [6, 6.07) is 0. The number of aromatic nitrogens is 7. The Hall–Kier alpha value is -2.89. The normalized spacial score (nSPS) is 13.9. The minimum absolute atomic E-state index is 0.219. The van der Waals surface area contributed by atoms with Crippen molar-refractivity contribution in [2.45, 2.75) is 68.9 Å². The van der Waals surface area contributed by atoms with Gasteiger partial charge in [0.2, 0.25) is 5.91 Å². The van der Waals surface area contributed by atoms with Crippen molar-refractivity contribution < 1.29 is 4.79 Å². The highest BCUT2D eigenvalue weighted by Gasteiger charge is 2.30. The molecule has 11 nitrogen and oxygen atoms in total. The number of nitrogens with zero attached hydrogens (tertiary/aromatic N) is 6. The second-order valence-electron chi connectivity index (χ2n) is 7.80. The van der Waals surface area contributed by atoms with Crippen molar-refractivity contribution in [2.24, 2.45) is 12.8 Å². The van der Waals surface area contributed by atoms with Gasteiger partial charge in [-0.25, -0.2) is 9.78 Å². The van der Waals surface area contributed by atoms with E-state index in [4.69, 9.17) is 5.73 Å². The number of unbranched alkanes of at least 4 members (excludes halogenated alkanes) is 1. The first-order valence-corrected chi connectivity index (χ1v) is 11.4. The number of primary amides is 1. The molecule has 0 unspecified atom stereocenters. The lowest BCUT2D eigenvalue weighted by Crippen LogP contribution is -2.31. The van der Waals surface area contributed by atoms with Gasteiger partial charge in [0.1, 0.15) is 11.6 Å². The molecule has 1 amide bonds. The first kappa shape index (κ1) is 21.3. The zero-order valence-corrected chi connectivity index (χ0v) is 18.4. The lowest BCUT2D eigenvalue weighted by atomic mass is 10.3. The Morgan fingerprint density at radius 1 is 1.23 bits per heavy atom. The van der Waals surface area contributed by atoms with Crippen molar-refractivity contribution in [1.82, 2.24) is 33.9 Å². The first-order valence-electron chi connectivity index (χ1n) is 10.4. The summed E-state index contributed by atoms with van der Waals surface area (Å²) in [5.41, 5.74) is 5.22. The average Bonchev–Trinajstić information content (AvgIpc) is 3.40. The number of aryl methyl sites for hydroxylation is 2. The molecule has 1 aliphatic carbocycles. The van der Waals surface area contributed by atoms with Crippen LogP contribution < -0.4 is 17.0 Å². The number of imidazole rings is 1. The van der Waals surface area contributed by atoms with Crippen LogP contribution in [0.2, 0.25) is 0 Å². The molecule has 166 valence electrons. The fraction of sp³-hybridized carbons (Fsp3) is 0.579. The van der Waals surface area contributed by atoms with Crippen molar-refractivity contribution in [2.75, 3.05) is 0 Å². The maximum Gasteiger partial charge on any atom is 0.330 e. The first-order chi connectivity index (χ1) is 14.9. The molecule has 4 rings (SSSR count). The lowest BCUT2D eigenvalue weighted by Gasteiger charge is -2.08. The Bertz CT molecular complexity index is 1230. The van der Waals surface area contributed by atoms with E-state index in [0.717, 1.165) is 31.5 Å². The van der Waals surface area contributed by atoms with Gasteiger partial charge < -0.3 is 14.9 Å². The van der Waals surface area contributed by atoms with Crippen LogP contribution in [0.3, 0.4) is 0 Å². The van der Waals surface area contributed by atoms with Crippen LogP contribution in [-0.4, -0.2) is 39.8 Å². The molecule has 0 bridgehead atoms. The molecule has 0 saturated heterocycles. The van der Waals surface area contributed by atoms with E-state index in [0.29, 0.717) is 46.9 Å². The van der Waals surface area contributed by atoms with Gasteiger partial charge in [0, 0.05) is 32.5 Å². The molecular weight excluding hydrogens is 420 g/mol. The van der Waals surface area contributed by atoms with Crippen LogP contribution in [0.25, 0.3) is 11.2 Å². The van der Waals surface area contributed by atoms with Crippen LogP contribution in [0, 0.1) is 0 Å². The summed E-state index contributed by atoms with van der Waals surface area (Å²) in [7, 11) is 1.77. The van der Waals surface area contributed by atoms with Gasteiger partial charge in [-0.15, -0.1) is 10.2 Å². The van der Waals surface area contributed by atoms with Gasteiger partial charge in [0.15, 0.2) is 16.3 Å². The summed E-state index contributed by atoms with van der Waals surface area (Å²) in [5, 5.41) is 9.31. The zero-order chi connectivity index (χ0) is 22.1. The van der Waals surface area contributed by atoms with Crippen molar-refractivity contribution >= 4 is 28.8 Å². The van der Waals surface area contributed by atoms with E-state index in [1.54, 1.807) is 11.6 Å². The van der Waals surface area contributed by atoms with Gasteiger partial charge in [-0.2, -0.15) is 0 Å². The molecule has 3 N–H and O–H groups in total. The minimum atomic E-state index is -0.445. The minimum Gasteiger partial charge on any atom is -0.370 e. The predicted molar refractivity (Wildman–Crippen MR) is 116 cm³/mol. The molecule has 31 heavy (non-hydrogen) atoms. The highest BCUT2D eigenvalue weighted by molar-refractivity contribution is 7.98. The van der Waals surface area contributed by atoms with Gasteiger partial charge in [-0.05, 0) is 19.3 Å². The number of nitrogens with one attached hydrogen (secondary N) is 1. The molecular formula is C19H26N8O3S. The summed E-state index contributed by atoms with van der Waals surface area (Å²) >= 11 is 1.44. The van der Waals surface area contributed by atoms with Crippen molar-refractivity contribution in [3.05, 3.63) is 32.5 Å². The third-order valence-corrected chi connectivity index (χ3v) is 6.40. The fourth-order valence-electron chi connectivity index (χ4n) is 3.56. The Labute approximate surface area is 182 Å². The summed E-state index contributed by atoms with van der Waals surface area (Å²) in [5.74, 6) is 1.99. The predicted octanol–water partition coefficient (Wildman–Crippen LogP) is 0.860. The second-order valence-corrected chi connectivity index (χ2v) is 8.74. The molecule has 1 fully saturated rings. The standard InChI is InChI=1S/C19H26N8O3S/c1-3-4-8-26-16-14(17(29)22-18(26)30)25(2)13(21-16)10-31-19-24-23-15(11-5-6-11)27(19)9-7-12(20)28/h11H,3-10H2,1-2H3,(H2,20,28)(H,22,29,30). The van der Waals surface area contributed by atoms with Crippen LogP contribution in [0.15, 0.2) is 14.7 Å². The number of carbonyl (C=O) groups is 1. The summed E-state index contributed by atoms with van der Waals surface area (Å²) in [6.07, 6.45) is 4.10. The Morgan fingerprint density at radius 3 is 2.68 bits per heavy atom. The summed E-state index contributed by atoms with van der Waals surface area (Å²) in [6.45, 7) is 2.98. The maximum absolute atomic E-state index is 12.4. The number of rotatable bonds is 10. The third-order valence-electron chi connectivity index (χ3n) is 5.44. The number of hydrogen-bond donors (Lipinski definition) is 2. The van der Waals surface area contributed by atoms with Crippen molar-refractivity contribution in [3.8, 4) is 0 Å². The molecule has 0 spiro atoms. The quantitative estimate of drug-likeness (QED) is 0.439. The zero-order valence-electron chi connectivity index (χ0n) is 17.6. The molecule has 12 heteroatoms. The topological polar surface area (TPSA) is 146 Å². The van der Waals surface area contributed by atoms with E-state index in [1.807, 2.05) is 11.5 Å². The third kappa shape index (κ3) is 4.29. The number of H-pyrrole nitrogens is 1. The summed E-state index contributed by atoms with van der Waals surface area (Å²) < 4.78 is 5.20. The van der Waals surface area contributed by atoms with Crippen molar-refractivity contribution in [3.63, 3.8) is 0 Å². The van der Waals surface area contributed by atoms with Gasteiger partial charge in [0.05, 0.1) is 5.75 Å². The molecule has 1 aliphatic rings. The van der Waals surface area contributed by atoms with Crippen LogP contribution >= 0.6 is 11.8 Å². The molecule has 3 aromatic rings. The molecule has 0 aliphatic heterocycles. The van der Waals surface area contributed by atoms with E-state index >= 15 is 0 Å². The molecule has 3 heterocycles. The van der Waals surface area contributed by atoms with E-state index < -0.39 is 11.2 Å². The monoisotopic (exact) mass is 446 g/mol. The number of thioether (sulfide) groups is 1. The molecule has 0 radical (unpaired) electrons. The van der Waals surface area contributed by atoms with Crippen molar-refractivity contribution in [1.29, 1.82) is 0 Å². The van der Waals surface area contributed by atoms with Crippen LogP contribution in [0.4, 0.5) is 0 Å². The van der Waals surface area contributed by atoms with E-state index in [9.17, 15) is 14.4 Å². The smallest absolute Gasteiger partial charge is 0.330 e. The van der Waals surface area contributed by atoms with Crippen LogP contribution in [-0.2, 0) is 30.7 Å². The number of hydrogen-bond acceptors (Lipinski definition) is 7. The Balaban J connectivity index is 1.63. The maximum atomic E-state index is 12.4. The average molecular weight is 447 g/mol. The van der Waals surface area contributed by atoms with Gasteiger partial charge in [0.25, 0.3) is 5.56 Å². The van der Waals surface area contributed by atoms with Gasteiger partial charge in [-0.1, -0.05) is 25.1 Å². The summed E-state index contributed by atoms with van der Waals surface area (Å²) in [4.78, 5) is 43.0. The highest BCUT2D eigenvalue weighted by Crippen LogP contribution is 2.40. The Morgan fingerprint density at radius 2 is 2.00 bits per heavy atom. The number of aromatic amines is 1.